The van der Waals surface area contributed by atoms with Crippen LogP contribution in [0.25, 0.3) is 0 Å². The lowest BCUT2D eigenvalue weighted by Crippen LogP contribution is -2.18. The zero-order chi connectivity index (χ0) is 12.1. The second-order valence-electron chi connectivity index (χ2n) is 5.29. The smallest absolute Gasteiger partial charge is 0.0964 e. The molecule has 0 spiro atoms. The molecule has 4 heteroatoms. The summed E-state index contributed by atoms with van der Waals surface area (Å²) in [4.78, 5) is 0. The monoisotopic (exact) mass is 236 g/mol. The highest BCUT2D eigenvalue weighted by Gasteiger charge is 2.21. The van der Waals surface area contributed by atoms with Crippen molar-refractivity contribution in [3.8, 4) is 0 Å². The number of hydrogen-bond donors (Lipinski definition) is 1. The van der Waals surface area contributed by atoms with Crippen LogP contribution in [0, 0.1) is 5.92 Å². The molecule has 1 aromatic heterocycles. The van der Waals surface area contributed by atoms with Crippen molar-refractivity contribution in [3.63, 3.8) is 0 Å². The Hall–Kier alpha value is -0.900. The molecule has 1 aromatic rings. The molecule has 0 bridgehead atoms. The summed E-state index contributed by atoms with van der Waals surface area (Å²) in [5, 5.41) is 11.9. The number of nitrogens with one attached hydrogen (secondary N) is 1. The Kier molecular flexibility index (Phi) is 4.54. The Morgan fingerprint density at radius 3 is 3.12 bits per heavy atom. The molecular weight excluding hydrogens is 212 g/mol. The molecule has 0 aliphatic heterocycles. The maximum atomic E-state index is 4.28. The fraction of sp³-hybridized carbons (Fsp3) is 0.846. The topological polar surface area (TPSA) is 42.7 Å². The third-order valence-corrected chi connectivity index (χ3v) is 3.57. The predicted molar refractivity (Wildman–Crippen MR) is 68.7 cm³/mol. The summed E-state index contributed by atoms with van der Waals surface area (Å²) in [6, 6.07) is 0.575. The molecule has 0 aromatic carbocycles. The average molecular weight is 236 g/mol. The second-order valence-corrected chi connectivity index (χ2v) is 5.29. The minimum absolute atomic E-state index is 0.575. The van der Waals surface area contributed by atoms with Crippen LogP contribution >= 0.6 is 0 Å². The molecule has 2 unspecified atom stereocenters. The van der Waals surface area contributed by atoms with E-state index in [1.807, 2.05) is 0 Å². The molecule has 1 saturated carbocycles. The quantitative estimate of drug-likeness (QED) is 0.799. The van der Waals surface area contributed by atoms with Gasteiger partial charge in [-0.05, 0) is 31.7 Å². The van der Waals surface area contributed by atoms with Gasteiger partial charge < -0.3 is 5.32 Å². The Balaban J connectivity index is 1.88. The van der Waals surface area contributed by atoms with E-state index in [4.69, 9.17) is 0 Å². The molecule has 0 amide bonds. The molecule has 2 rings (SSSR count). The van der Waals surface area contributed by atoms with Gasteiger partial charge in [0.2, 0.25) is 0 Å². The van der Waals surface area contributed by atoms with Crippen LogP contribution in [-0.2, 0) is 6.54 Å². The van der Waals surface area contributed by atoms with Crippen molar-refractivity contribution in [2.45, 2.75) is 58.5 Å². The minimum Gasteiger partial charge on any atom is -0.311 e. The Labute approximate surface area is 104 Å². The molecule has 1 fully saturated rings. The zero-order valence-corrected chi connectivity index (χ0v) is 11.0. The van der Waals surface area contributed by atoms with Crippen LogP contribution in [0.3, 0.4) is 0 Å². The van der Waals surface area contributed by atoms with E-state index in [0.29, 0.717) is 6.04 Å². The van der Waals surface area contributed by atoms with Gasteiger partial charge in [-0.3, -0.25) is 0 Å². The highest BCUT2D eigenvalue weighted by atomic mass is 15.4. The van der Waals surface area contributed by atoms with Crippen molar-refractivity contribution in [2.24, 2.45) is 5.92 Å². The zero-order valence-electron chi connectivity index (χ0n) is 11.0. The van der Waals surface area contributed by atoms with Gasteiger partial charge in [-0.1, -0.05) is 31.9 Å². The maximum Gasteiger partial charge on any atom is 0.0964 e. The summed E-state index contributed by atoms with van der Waals surface area (Å²) in [6.07, 6.45) is 8.49. The number of aromatic nitrogens is 3. The largest absolute Gasteiger partial charge is 0.311 e. The molecular formula is C13H24N4. The lowest BCUT2D eigenvalue weighted by molar-refractivity contribution is 0.263. The minimum atomic E-state index is 0.575. The summed E-state index contributed by atoms with van der Waals surface area (Å²) >= 11 is 0. The van der Waals surface area contributed by atoms with Gasteiger partial charge in [-0.15, -0.1) is 5.10 Å². The summed E-state index contributed by atoms with van der Waals surface area (Å²) in [5.74, 6) is 0.833. The van der Waals surface area contributed by atoms with Gasteiger partial charge in [0.1, 0.15) is 0 Å². The number of nitrogens with zero attached hydrogens (tertiary/aromatic N) is 3. The third kappa shape index (κ3) is 3.53. The van der Waals surface area contributed by atoms with E-state index in [1.54, 1.807) is 0 Å². The summed E-state index contributed by atoms with van der Waals surface area (Å²) < 4.78 is 2.08. The molecule has 1 aliphatic rings. The fourth-order valence-corrected chi connectivity index (χ4v) is 2.61. The second kappa shape index (κ2) is 6.15. The molecule has 1 N–H and O–H groups in total. The van der Waals surface area contributed by atoms with Crippen molar-refractivity contribution >= 4 is 0 Å². The van der Waals surface area contributed by atoms with Crippen LogP contribution in [0.15, 0.2) is 6.20 Å². The van der Waals surface area contributed by atoms with Gasteiger partial charge >= 0.3 is 0 Å². The van der Waals surface area contributed by atoms with E-state index in [1.165, 1.54) is 25.7 Å². The first-order chi connectivity index (χ1) is 8.29. The first kappa shape index (κ1) is 12.6. The standard InChI is InChI=1S/C13H24N4/c1-3-7-14-9-12-10-17(16-15-12)13-6-4-5-11(2)8-13/h10-11,13-14H,3-9H2,1-2H3. The lowest BCUT2D eigenvalue weighted by atomic mass is 9.87. The maximum absolute atomic E-state index is 4.28. The molecule has 0 saturated heterocycles. The van der Waals surface area contributed by atoms with Crippen LogP contribution in [0.5, 0.6) is 0 Å². The van der Waals surface area contributed by atoms with E-state index < -0.39 is 0 Å². The van der Waals surface area contributed by atoms with Gasteiger partial charge in [0.25, 0.3) is 0 Å². The molecule has 1 heterocycles. The van der Waals surface area contributed by atoms with Gasteiger partial charge in [0.15, 0.2) is 0 Å². The van der Waals surface area contributed by atoms with Crippen molar-refractivity contribution in [3.05, 3.63) is 11.9 Å². The highest BCUT2D eigenvalue weighted by molar-refractivity contribution is 4.93. The van der Waals surface area contributed by atoms with Crippen LogP contribution in [0.4, 0.5) is 0 Å². The third-order valence-electron chi connectivity index (χ3n) is 3.57. The van der Waals surface area contributed by atoms with E-state index in [-0.39, 0.29) is 0 Å². The summed E-state index contributed by atoms with van der Waals surface area (Å²) in [6.45, 7) is 6.41. The van der Waals surface area contributed by atoms with Gasteiger partial charge in [0, 0.05) is 6.54 Å². The first-order valence-corrected chi connectivity index (χ1v) is 6.91. The lowest BCUT2D eigenvalue weighted by Gasteiger charge is -2.26. The molecule has 1 aliphatic carbocycles. The average Bonchev–Trinajstić information content (AvgIpc) is 2.78. The van der Waals surface area contributed by atoms with E-state index in [9.17, 15) is 0 Å². The van der Waals surface area contributed by atoms with Crippen LogP contribution in [0.1, 0.15) is 57.7 Å². The van der Waals surface area contributed by atoms with Crippen molar-refractivity contribution in [1.29, 1.82) is 0 Å². The first-order valence-electron chi connectivity index (χ1n) is 6.91. The highest BCUT2D eigenvalue weighted by Crippen LogP contribution is 2.31. The van der Waals surface area contributed by atoms with Crippen LogP contribution in [0.2, 0.25) is 0 Å². The number of rotatable bonds is 5. The van der Waals surface area contributed by atoms with E-state index in [2.05, 4.69) is 40.4 Å². The Bertz CT molecular complexity index is 334. The van der Waals surface area contributed by atoms with Crippen molar-refractivity contribution in [1.82, 2.24) is 20.3 Å². The van der Waals surface area contributed by atoms with Gasteiger partial charge in [-0.2, -0.15) is 0 Å². The van der Waals surface area contributed by atoms with Crippen molar-refractivity contribution < 1.29 is 0 Å². The van der Waals surface area contributed by atoms with Gasteiger partial charge in [0.05, 0.1) is 17.9 Å². The van der Waals surface area contributed by atoms with E-state index >= 15 is 0 Å². The molecule has 96 valence electrons. The normalized spacial score (nSPS) is 25.1. The van der Waals surface area contributed by atoms with Crippen molar-refractivity contribution in [2.75, 3.05) is 6.54 Å². The molecule has 0 radical (unpaired) electrons. The Morgan fingerprint density at radius 1 is 1.47 bits per heavy atom. The predicted octanol–water partition coefficient (Wildman–Crippen LogP) is 2.53. The summed E-state index contributed by atoms with van der Waals surface area (Å²) in [7, 11) is 0. The SMILES string of the molecule is CCCNCc1cn(C2CCCC(C)C2)nn1. The fourth-order valence-electron chi connectivity index (χ4n) is 2.61. The summed E-state index contributed by atoms with van der Waals surface area (Å²) in [5.41, 5.74) is 1.07. The number of hydrogen-bond acceptors (Lipinski definition) is 3. The molecule has 17 heavy (non-hydrogen) atoms. The van der Waals surface area contributed by atoms with Crippen LogP contribution < -0.4 is 5.32 Å². The van der Waals surface area contributed by atoms with Gasteiger partial charge in [-0.25, -0.2) is 4.68 Å². The molecule has 4 nitrogen and oxygen atoms in total. The molecule has 2 atom stereocenters. The van der Waals surface area contributed by atoms with Crippen LogP contribution in [-0.4, -0.2) is 21.5 Å². The van der Waals surface area contributed by atoms with E-state index in [0.717, 1.165) is 31.1 Å². The Morgan fingerprint density at radius 2 is 2.35 bits per heavy atom.